The third kappa shape index (κ3) is 3.15. The molecule has 1 N–H and O–H groups in total. The average Bonchev–Trinajstić information content (AvgIpc) is 2.90. The van der Waals surface area contributed by atoms with E-state index in [4.69, 9.17) is 4.74 Å². The molecule has 0 atom stereocenters. The largest absolute Gasteiger partial charge is 0.497 e. The van der Waals surface area contributed by atoms with Gasteiger partial charge >= 0.3 is 0 Å². The van der Waals surface area contributed by atoms with Crippen molar-refractivity contribution in [3.63, 3.8) is 0 Å². The SMILES string of the molecule is COc1ccc(/C=C2/N=C(C3CCCCC3)NC2=O)cc1. The number of hydrogen-bond acceptors (Lipinski definition) is 3. The van der Waals surface area contributed by atoms with E-state index in [0.717, 1.165) is 30.0 Å². The monoisotopic (exact) mass is 284 g/mol. The molecule has 1 aromatic carbocycles. The van der Waals surface area contributed by atoms with E-state index >= 15 is 0 Å². The normalized spacial score (nSPS) is 21.3. The van der Waals surface area contributed by atoms with Gasteiger partial charge in [0.15, 0.2) is 0 Å². The molecule has 0 aromatic heterocycles. The molecule has 4 heteroatoms. The van der Waals surface area contributed by atoms with Crippen molar-refractivity contribution in [3.05, 3.63) is 35.5 Å². The summed E-state index contributed by atoms with van der Waals surface area (Å²) in [6.07, 6.45) is 7.86. The fourth-order valence-corrected chi connectivity index (χ4v) is 2.91. The first-order chi connectivity index (χ1) is 10.3. The highest BCUT2D eigenvalue weighted by Crippen LogP contribution is 2.27. The summed E-state index contributed by atoms with van der Waals surface area (Å²) in [4.78, 5) is 16.6. The summed E-state index contributed by atoms with van der Waals surface area (Å²) >= 11 is 0. The van der Waals surface area contributed by atoms with Crippen molar-refractivity contribution in [1.82, 2.24) is 5.32 Å². The van der Waals surface area contributed by atoms with E-state index in [2.05, 4.69) is 10.3 Å². The number of carbonyl (C=O) groups is 1. The predicted molar refractivity (Wildman–Crippen MR) is 83.1 cm³/mol. The lowest BCUT2D eigenvalue weighted by atomic mass is 9.88. The number of amides is 1. The molecule has 0 bridgehead atoms. The minimum Gasteiger partial charge on any atom is -0.497 e. The van der Waals surface area contributed by atoms with Crippen LogP contribution in [0.1, 0.15) is 37.7 Å². The maximum Gasteiger partial charge on any atom is 0.275 e. The molecular weight excluding hydrogens is 264 g/mol. The summed E-state index contributed by atoms with van der Waals surface area (Å²) in [6, 6.07) is 7.61. The summed E-state index contributed by atoms with van der Waals surface area (Å²) in [6.45, 7) is 0. The molecule has 1 aliphatic heterocycles. The van der Waals surface area contributed by atoms with Gasteiger partial charge in [0, 0.05) is 5.92 Å². The number of methoxy groups -OCH3 is 1. The molecule has 0 saturated heterocycles. The molecule has 1 aliphatic carbocycles. The van der Waals surface area contributed by atoms with E-state index in [-0.39, 0.29) is 5.91 Å². The molecule has 1 aromatic rings. The Morgan fingerprint density at radius 2 is 1.90 bits per heavy atom. The Morgan fingerprint density at radius 3 is 2.57 bits per heavy atom. The Kier molecular flexibility index (Phi) is 4.04. The minimum atomic E-state index is -0.0913. The highest BCUT2D eigenvalue weighted by atomic mass is 16.5. The molecule has 1 saturated carbocycles. The van der Waals surface area contributed by atoms with Crippen LogP contribution in [-0.2, 0) is 4.79 Å². The lowest BCUT2D eigenvalue weighted by Crippen LogP contribution is -2.31. The van der Waals surface area contributed by atoms with Gasteiger partial charge < -0.3 is 10.1 Å². The quantitative estimate of drug-likeness (QED) is 0.867. The van der Waals surface area contributed by atoms with Gasteiger partial charge in [-0.25, -0.2) is 4.99 Å². The number of nitrogens with zero attached hydrogens (tertiary/aromatic N) is 1. The fourth-order valence-electron chi connectivity index (χ4n) is 2.91. The van der Waals surface area contributed by atoms with E-state index in [0.29, 0.717) is 11.6 Å². The Labute approximate surface area is 124 Å². The number of hydrogen-bond donors (Lipinski definition) is 1. The second-order valence-corrected chi connectivity index (χ2v) is 5.59. The maximum atomic E-state index is 12.0. The van der Waals surface area contributed by atoms with Gasteiger partial charge in [-0.2, -0.15) is 0 Å². The molecule has 2 aliphatic rings. The van der Waals surface area contributed by atoms with Crippen LogP contribution in [0.5, 0.6) is 5.75 Å². The topological polar surface area (TPSA) is 50.7 Å². The summed E-state index contributed by atoms with van der Waals surface area (Å²) in [7, 11) is 1.64. The second kappa shape index (κ2) is 6.12. The van der Waals surface area contributed by atoms with Gasteiger partial charge in [0.1, 0.15) is 17.3 Å². The Bertz CT molecular complexity index is 581. The molecule has 1 amide bonds. The van der Waals surface area contributed by atoms with Gasteiger partial charge in [-0.3, -0.25) is 4.79 Å². The smallest absolute Gasteiger partial charge is 0.275 e. The van der Waals surface area contributed by atoms with Crippen LogP contribution in [0.4, 0.5) is 0 Å². The fraction of sp³-hybridized carbons (Fsp3) is 0.412. The number of amidine groups is 1. The van der Waals surface area contributed by atoms with Crippen LogP contribution in [0.3, 0.4) is 0 Å². The predicted octanol–water partition coefficient (Wildman–Crippen LogP) is 3.14. The van der Waals surface area contributed by atoms with Crippen LogP contribution in [0.25, 0.3) is 6.08 Å². The van der Waals surface area contributed by atoms with Gasteiger partial charge in [-0.15, -0.1) is 0 Å². The molecule has 3 rings (SSSR count). The molecule has 21 heavy (non-hydrogen) atoms. The summed E-state index contributed by atoms with van der Waals surface area (Å²) < 4.78 is 5.13. The minimum absolute atomic E-state index is 0.0913. The van der Waals surface area contributed by atoms with Crippen molar-refractivity contribution in [3.8, 4) is 5.75 Å². The van der Waals surface area contributed by atoms with E-state index in [1.165, 1.54) is 19.3 Å². The number of benzene rings is 1. The van der Waals surface area contributed by atoms with Crippen LogP contribution in [-0.4, -0.2) is 18.9 Å². The van der Waals surface area contributed by atoms with Crippen LogP contribution in [0.2, 0.25) is 0 Å². The molecule has 1 heterocycles. The molecule has 110 valence electrons. The summed E-state index contributed by atoms with van der Waals surface area (Å²) in [5.74, 6) is 2.00. The average molecular weight is 284 g/mol. The molecule has 1 fully saturated rings. The molecule has 0 unspecified atom stereocenters. The van der Waals surface area contributed by atoms with Gasteiger partial charge in [-0.1, -0.05) is 31.4 Å². The number of aliphatic imine (C=N–C) groups is 1. The third-order valence-corrected chi connectivity index (χ3v) is 4.13. The molecule has 0 spiro atoms. The zero-order chi connectivity index (χ0) is 14.7. The van der Waals surface area contributed by atoms with Gasteiger partial charge in [0.25, 0.3) is 5.91 Å². The van der Waals surface area contributed by atoms with Crippen molar-refractivity contribution in [1.29, 1.82) is 0 Å². The molecule has 0 radical (unpaired) electrons. The van der Waals surface area contributed by atoms with Gasteiger partial charge in [0.2, 0.25) is 0 Å². The van der Waals surface area contributed by atoms with Crippen molar-refractivity contribution in [2.45, 2.75) is 32.1 Å². The van der Waals surface area contributed by atoms with Crippen LogP contribution in [0, 0.1) is 5.92 Å². The van der Waals surface area contributed by atoms with Crippen LogP contribution >= 0.6 is 0 Å². The second-order valence-electron chi connectivity index (χ2n) is 5.59. The van der Waals surface area contributed by atoms with Crippen molar-refractivity contribution in [2.24, 2.45) is 10.9 Å². The van der Waals surface area contributed by atoms with Crippen molar-refractivity contribution in [2.75, 3.05) is 7.11 Å². The van der Waals surface area contributed by atoms with Gasteiger partial charge in [0.05, 0.1) is 7.11 Å². The standard InChI is InChI=1S/C17H20N2O2/c1-21-14-9-7-12(8-10-14)11-15-17(20)19-16(18-15)13-5-3-2-4-6-13/h7-11,13H,2-6H2,1H3,(H,18,19,20)/b15-11+. The molecule has 4 nitrogen and oxygen atoms in total. The van der Waals surface area contributed by atoms with Crippen molar-refractivity contribution >= 4 is 17.8 Å². The van der Waals surface area contributed by atoms with E-state index in [1.54, 1.807) is 7.11 Å². The highest BCUT2D eigenvalue weighted by Gasteiger charge is 2.27. The first-order valence-electron chi connectivity index (χ1n) is 7.52. The number of carbonyl (C=O) groups excluding carboxylic acids is 1. The Hall–Kier alpha value is -2.10. The third-order valence-electron chi connectivity index (χ3n) is 4.13. The number of ether oxygens (including phenoxy) is 1. The summed E-state index contributed by atoms with van der Waals surface area (Å²) in [5, 5.41) is 2.93. The molecular formula is C17H20N2O2. The van der Waals surface area contributed by atoms with Crippen molar-refractivity contribution < 1.29 is 9.53 Å². The van der Waals surface area contributed by atoms with Crippen LogP contribution in [0.15, 0.2) is 35.0 Å². The van der Waals surface area contributed by atoms with Crippen LogP contribution < -0.4 is 10.1 Å². The lowest BCUT2D eigenvalue weighted by molar-refractivity contribution is -0.115. The van der Waals surface area contributed by atoms with Gasteiger partial charge in [-0.05, 0) is 36.6 Å². The first-order valence-corrected chi connectivity index (χ1v) is 7.52. The highest BCUT2D eigenvalue weighted by molar-refractivity contribution is 6.15. The Morgan fingerprint density at radius 1 is 1.19 bits per heavy atom. The lowest BCUT2D eigenvalue weighted by Gasteiger charge is -2.20. The zero-order valence-electron chi connectivity index (χ0n) is 12.3. The summed E-state index contributed by atoms with van der Waals surface area (Å²) in [5.41, 5.74) is 1.45. The number of rotatable bonds is 3. The van der Waals surface area contributed by atoms with E-state index in [9.17, 15) is 4.79 Å². The first kappa shape index (κ1) is 13.9. The maximum absolute atomic E-state index is 12.0. The van der Waals surface area contributed by atoms with E-state index < -0.39 is 0 Å². The zero-order valence-corrected chi connectivity index (χ0v) is 12.3. The van der Waals surface area contributed by atoms with E-state index in [1.807, 2.05) is 30.3 Å². The number of nitrogens with one attached hydrogen (secondary N) is 1. The Balaban J connectivity index is 1.78.